The molecule has 1 aliphatic rings. The lowest BCUT2D eigenvalue weighted by molar-refractivity contribution is -0.138. The summed E-state index contributed by atoms with van der Waals surface area (Å²) < 4.78 is 0. The molecular formula is C24H23N3O4. The van der Waals surface area contributed by atoms with Gasteiger partial charge in [-0.3, -0.25) is 24.5 Å². The lowest BCUT2D eigenvalue weighted by atomic mass is 9.72. The van der Waals surface area contributed by atoms with Gasteiger partial charge >= 0.3 is 0 Å². The number of H-pyrrole nitrogens is 1. The maximum atomic E-state index is 12.8. The molecule has 0 spiro atoms. The van der Waals surface area contributed by atoms with Crippen molar-refractivity contribution >= 4 is 40.1 Å². The van der Waals surface area contributed by atoms with Crippen LogP contribution >= 0.6 is 0 Å². The number of para-hydroxylation sites is 1. The van der Waals surface area contributed by atoms with Crippen molar-refractivity contribution < 1.29 is 19.2 Å². The zero-order chi connectivity index (χ0) is 22.2. The molecule has 0 radical (unpaired) electrons. The normalized spacial score (nSPS) is 18.6. The number of nitrogens with one attached hydrogen (secondary N) is 3. The third-order valence-corrected chi connectivity index (χ3v) is 6.09. The lowest BCUT2D eigenvalue weighted by Gasteiger charge is -2.35. The van der Waals surface area contributed by atoms with Gasteiger partial charge in [-0.25, -0.2) is 0 Å². The molecular weight excluding hydrogens is 394 g/mol. The van der Waals surface area contributed by atoms with Crippen molar-refractivity contribution in [3.63, 3.8) is 0 Å². The number of hydrogen-bond donors (Lipinski definition) is 3. The number of aromatic nitrogens is 1. The molecule has 1 saturated heterocycles. The van der Waals surface area contributed by atoms with Gasteiger partial charge in [-0.05, 0) is 43.5 Å². The first-order valence-corrected chi connectivity index (χ1v) is 10.2. The van der Waals surface area contributed by atoms with Crippen LogP contribution in [-0.2, 0) is 19.8 Å². The van der Waals surface area contributed by atoms with Gasteiger partial charge in [-0.1, -0.05) is 37.3 Å². The Balaban J connectivity index is 1.54. The first-order chi connectivity index (χ1) is 14.9. The molecule has 4 rings (SSSR count). The Labute approximate surface area is 179 Å². The van der Waals surface area contributed by atoms with E-state index in [9.17, 15) is 19.2 Å². The lowest BCUT2D eigenvalue weighted by Crippen LogP contribution is -2.51. The quantitative estimate of drug-likeness (QED) is 0.336. The van der Waals surface area contributed by atoms with Crippen LogP contribution in [0.4, 0.5) is 5.69 Å². The van der Waals surface area contributed by atoms with Crippen molar-refractivity contribution in [2.24, 2.45) is 0 Å². The number of hydrogen-bond acceptors (Lipinski definition) is 4. The van der Waals surface area contributed by atoms with Crippen LogP contribution in [0.5, 0.6) is 0 Å². The fourth-order valence-corrected chi connectivity index (χ4v) is 4.31. The fraction of sp³-hybridized carbons (Fsp3) is 0.250. The highest BCUT2D eigenvalue weighted by molar-refractivity contribution is 6.48. The average molecular weight is 417 g/mol. The largest absolute Gasteiger partial charge is 0.358 e. The Morgan fingerprint density at radius 1 is 1.06 bits per heavy atom. The first-order valence-electron chi connectivity index (χ1n) is 10.2. The molecule has 0 bridgehead atoms. The number of Topliss-reactive ketones (excluding diaryl/α,β-unsaturated/α-hetero) is 1. The van der Waals surface area contributed by atoms with Gasteiger partial charge in [0.05, 0.1) is 11.0 Å². The number of ketones is 1. The predicted molar refractivity (Wildman–Crippen MR) is 117 cm³/mol. The monoisotopic (exact) mass is 417 g/mol. The molecule has 7 nitrogen and oxygen atoms in total. The Hall–Kier alpha value is -3.74. The molecule has 1 unspecified atom stereocenters. The maximum Gasteiger partial charge on any atom is 0.296 e. The fourth-order valence-electron chi connectivity index (χ4n) is 4.31. The number of carbonyl (C=O) groups is 4. The van der Waals surface area contributed by atoms with Gasteiger partial charge in [-0.2, -0.15) is 0 Å². The number of fused-ring (bicyclic) bond motifs is 1. The standard InChI is InChI=1S/C24H23N3O4/c1-3-24(13-12-19(28)27-23(24)31)15-8-10-16(11-9-15)26-22(30)21(29)20-14(2)25-18-7-5-4-6-17(18)20/h4-11,25H,3,12-13H2,1-2H3,(H,26,30)(H,27,28,31). The van der Waals surface area contributed by atoms with E-state index in [0.717, 1.165) is 11.1 Å². The Morgan fingerprint density at radius 2 is 1.77 bits per heavy atom. The molecule has 31 heavy (non-hydrogen) atoms. The topological polar surface area (TPSA) is 108 Å². The molecule has 1 aliphatic heterocycles. The molecule has 7 heteroatoms. The number of aryl methyl sites for hydroxylation is 1. The van der Waals surface area contributed by atoms with Crippen molar-refractivity contribution in [1.82, 2.24) is 10.3 Å². The molecule has 1 aromatic heterocycles. The highest BCUT2D eigenvalue weighted by Gasteiger charge is 2.42. The van der Waals surface area contributed by atoms with Crippen molar-refractivity contribution in [3.05, 3.63) is 65.4 Å². The van der Waals surface area contributed by atoms with Gasteiger partial charge < -0.3 is 10.3 Å². The zero-order valence-electron chi connectivity index (χ0n) is 17.4. The van der Waals surface area contributed by atoms with Gasteiger partial charge in [0, 0.05) is 28.7 Å². The van der Waals surface area contributed by atoms with E-state index in [1.807, 2.05) is 25.1 Å². The van der Waals surface area contributed by atoms with Crippen LogP contribution in [0.25, 0.3) is 10.9 Å². The summed E-state index contributed by atoms with van der Waals surface area (Å²) in [5, 5.41) is 5.77. The van der Waals surface area contributed by atoms with E-state index < -0.39 is 17.1 Å². The summed E-state index contributed by atoms with van der Waals surface area (Å²) >= 11 is 0. The van der Waals surface area contributed by atoms with Crippen LogP contribution in [0, 0.1) is 6.92 Å². The third kappa shape index (κ3) is 3.52. The molecule has 0 saturated carbocycles. The second-order valence-electron chi connectivity index (χ2n) is 7.84. The smallest absolute Gasteiger partial charge is 0.296 e. The SMILES string of the molecule is CCC1(c2ccc(NC(=O)C(=O)c3c(C)[nH]c4ccccc34)cc2)CCC(=O)NC1=O. The van der Waals surface area contributed by atoms with Crippen LogP contribution in [0.3, 0.4) is 0 Å². The first kappa shape index (κ1) is 20.5. The second kappa shape index (κ2) is 7.83. The highest BCUT2D eigenvalue weighted by Crippen LogP contribution is 2.36. The van der Waals surface area contributed by atoms with E-state index in [1.54, 1.807) is 37.3 Å². The maximum absolute atomic E-state index is 12.8. The van der Waals surface area contributed by atoms with E-state index in [1.165, 1.54) is 0 Å². The Morgan fingerprint density at radius 3 is 2.45 bits per heavy atom. The van der Waals surface area contributed by atoms with Crippen molar-refractivity contribution in [1.29, 1.82) is 0 Å². The minimum Gasteiger partial charge on any atom is -0.358 e. The summed E-state index contributed by atoms with van der Waals surface area (Å²) in [7, 11) is 0. The Bertz CT molecular complexity index is 1210. The molecule has 158 valence electrons. The molecule has 2 aromatic carbocycles. The number of carbonyl (C=O) groups excluding carboxylic acids is 4. The second-order valence-corrected chi connectivity index (χ2v) is 7.84. The highest BCUT2D eigenvalue weighted by atomic mass is 16.2. The van der Waals surface area contributed by atoms with Crippen LogP contribution in [0.1, 0.15) is 47.8 Å². The summed E-state index contributed by atoms with van der Waals surface area (Å²) in [5.74, 6) is -1.90. The average Bonchev–Trinajstić information content (AvgIpc) is 3.10. The van der Waals surface area contributed by atoms with Crippen LogP contribution in [-0.4, -0.2) is 28.5 Å². The molecule has 3 N–H and O–H groups in total. The summed E-state index contributed by atoms with van der Waals surface area (Å²) in [5.41, 5.74) is 2.26. The number of imide groups is 1. The van der Waals surface area contributed by atoms with Crippen LogP contribution < -0.4 is 10.6 Å². The van der Waals surface area contributed by atoms with E-state index >= 15 is 0 Å². The minimum absolute atomic E-state index is 0.260. The van der Waals surface area contributed by atoms with E-state index in [0.29, 0.717) is 35.2 Å². The molecule has 1 atom stereocenters. The number of amides is 3. The van der Waals surface area contributed by atoms with Crippen LogP contribution in [0.15, 0.2) is 48.5 Å². The van der Waals surface area contributed by atoms with Gasteiger partial charge in [-0.15, -0.1) is 0 Å². The molecule has 3 amide bonds. The van der Waals surface area contributed by atoms with Gasteiger partial charge in [0.1, 0.15) is 0 Å². The van der Waals surface area contributed by atoms with Gasteiger partial charge in [0.2, 0.25) is 11.8 Å². The summed E-state index contributed by atoms with van der Waals surface area (Å²) in [6, 6.07) is 14.2. The van der Waals surface area contributed by atoms with Gasteiger partial charge in [0.15, 0.2) is 0 Å². The number of aromatic amines is 1. The molecule has 1 fully saturated rings. The molecule has 2 heterocycles. The summed E-state index contributed by atoms with van der Waals surface area (Å²) in [6.45, 7) is 3.67. The summed E-state index contributed by atoms with van der Waals surface area (Å²) in [6.07, 6.45) is 1.28. The van der Waals surface area contributed by atoms with Crippen molar-refractivity contribution in [3.8, 4) is 0 Å². The minimum atomic E-state index is -0.770. The van der Waals surface area contributed by atoms with Gasteiger partial charge in [0.25, 0.3) is 11.7 Å². The summed E-state index contributed by atoms with van der Waals surface area (Å²) in [4.78, 5) is 52.6. The van der Waals surface area contributed by atoms with Crippen molar-refractivity contribution in [2.45, 2.75) is 38.5 Å². The van der Waals surface area contributed by atoms with E-state index in [4.69, 9.17) is 0 Å². The molecule has 3 aromatic rings. The number of anilines is 1. The number of benzene rings is 2. The van der Waals surface area contributed by atoms with Crippen LogP contribution in [0.2, 0.25) is 0 Å². The Kier molecular flexibility index (Phi) is 5.19. The van der Waals surface area contributed by atoms with E-state index in [2.05, 4.69) is 15.6 Å². The molecule has 0 aliphatic carbocycles. The van der Waals surface area contributed by atoms with E-state index in [-0.39, 0.29) is 18.2 Å². The zero-order valence-corrected chi connectivity index (χ0v) is 17.4. The number of rotatable bonds is 5. The number of piperidine rings is 1. The predicted octanol–water partition coefficient (Wildman–Crippen LogP) is 3.38. The van der Waals surface area contributed by atoms with Crippen molar-refractivity contribution in [2.75, 3.05) is 5.32 Å². The third-order valence-electron chi connectivity index (χ3n) is 6.09.